The molecule has 4 aromatic rings. The van der Waals surface area contributed by atoms with E-state index in [1.807, 2.05) is 30.3 Å². The van der Waals surface area contributed by atoms with Gasteiger partial charge in [0.1, 0.15) is 5.75 Å². The maximum Gasteiger partial charge on any atom is 0.264 e. The van der Waals surface area contributed by atoms with Crippen LogP contribution >= 0.6 is 22.9 Å². The van der Waals surface area contributed by atoms with Crippen molar-refractivity contribution in [3.05, 3.63) is 59.6 Å². The molecule has 0 atom stereocenters. The molecule has 1 amide bonds. The molecule has 0 aliphatic rings. The van der Waals surface area contributed by atoms with Gasteiger partial charge in [-0.2, -0.15) is 4.52 Å². The summed E-state index contributed by atoms with van der Waals surface area (Å²) in [5.41, 5.74) is 0.894. The van der Waals surface area contributed by atoms with Crippen molar-refractivity contribution in [2.24, 2.45) is 0 Å². The predicted molar refractivity (Wildman–Crippen MR) is 99.7 cm³/mol. The second-order valence-electron chi connectivity index (χ2n) is 5.26. The third kappa shape index (κ3) is 3.37. The summed E-state index contributed by atoms with van der Waals surface area (Å²) < 4.78 is 7.02. The van der Waals surface area contributed by atoms with Gasteiger partial charge in [-0.3, -0.25) is 10.1 Å². The first kappa shape index (κ1) is 16.5. The molecule has 130 valence electrons. The Kier molecular flexibility index (Phi) is 4.51. The number of carbonyl (C=O) groups excluding carboxylic acids is 1. The number of rotatable bonds is 5. The van der Waals surface area contributed by atoms with Crippen molar-refractivity contribution in [3.8, 4) is 17.1 Å². The third-order valence-corrected chi connectivity index (χ3v) is 4.59. The fourth-order valence-electron chi connectivity index (χ4n) is 2.30. The Bertz CT molecular complexity index is 1060. The van der Waals surface area contributed by atoms with Crippen molar-refractivity contribution < 1.29 is 9.53 Å². The average Bonchev–Trinajstić information content (AvgIpc) is 3.22. The van der Waals surface area contributed by atoms with Gasteiger partial charge in [-0.25, -0.2) is 0 Å². The van der Waals surface area contributed by atoms with Gasteiger partial charge in [-0.1, -0.05) is 65.4 Å². The van der Waals surface area contributed by atoms with Crippen LogP contribution in [0.2, 0.25) is 5.02 Å². The second kappa shape index (κ2) is 7.11. The molecule has 0 unspecified atom stereocenters. The van der Waals surface area contributed by atoms with Crippen molar-refractivity contribution in [3.63, 3.8) is 0 Å². The molecule has 7 nitrogen and oxygen atoms in total. The summed E-state index contributed by atoms with van der Waals surface area (Å²) in [4.78, 5) is 12.7. The molecule has 0 aliphatic heterocycles. The number of nitrogens with zero attached hydrogens (tertiary/aromatic N) is 4. The Morgan fingerprint density at radius 3 is 2.69 bits per heavy atom. The molecule has 9 heteroatoms. The maximum atomic E-state index is 12.1. The topological polar surface area (TPSA) is 81.4 Å². The van der Waals surface area contributed by atoms with Crippen molar-refractivity contribution in [1.29, 1.82) is 0 Å². The van der Waals surface area contributed by atoms with Crippen LogP contribution in [-0.4, -0.2) is 32.3 Å². The number of amides is 1. The van der Waals surface area contributed by atoms with Crippen LogP contribution < -0.4 is 10.1 Å². The molecule has 0 aliphatic carbocycles. The van der Waals surface area contributed by atoms with Crippen LogP contribution in [0.4, 0.5) is 5.13 Å². The van der Waals surface area contributed by atoms with E-state index in [0.29, 0.717) is 26.7 Å². The molecular weight excluding hydrogens is 374 g/mol. The molecule has 0 saturated carbocycles. The van der Waals surface area contributed by atoms with Gasteiger partial charge in [0.15, 0.2) is 12.4 Å². The highest BCUT2D eigenvalue weighted by Crippen LogP contribution is 2.25. The highest BCUT2D eigenvalue weighted by atomic mass is 35.5. The van der Waals surface area contributed by atoms with Gasteiger partial charge in [0, 0.05) is 5.56 Å². The predicted octanol–water partition coefficient (Wildman–Crippen LogP) is 3.52. The molecule has 0 spiro atoms. The van der Waals surface area contributed by atoms with Gasteiger partial charge < -0.3 is 4.74 Å². The fourth-order valence-corrected chi connectivity index (χ4v) is 3.24. The summed E-state index contributed by atoms with van der Waals surface area (Å²) in [7, 11) is 0. The lowest BCUT2D eigenvalue weighted by Gasteiger charge is -2.06. The van der Waals surface area contributed by atoms with Gasteiger partial charge in [0.05, 0.1) is 5.02 Å². The van der Waals surface area contributed by atoms with Gasteiger partial charge in [0.25, 0.3) is 5.91 Å². The number of anilines is 1. The molecular formula is C17H12ClN5O2S. The molecule has 26 heavy (non-hydrogen) atoms. The highest BCUT2D eigenvalue weighted by molar-refractivity contribution is 7.20. The Labute approximate surface area is 157 Å². The summed E-state index contributed by atoms with van der Waals surface area (Å²) in [6.07, 6.45) is 0. The number of benzene rings is 2. The molecule has 2 aromatic carbocycles. The number of ether oxygens (including phenoxy) is 1. The average molecular weight is 386 g/mol. The largest absolute Gasteiger partial charge is 0.482 e. The number of carbonyl (C=O) groups is 1. The first-order valence-corrected chi connectivity index (χ1v) is 8.85. The van der Waals surface area contributed by atoms with Crippen LogP contribution in [0.3, 0.4) is 0 Å². The Balaban J connectivity index is 1.47. The smallest absolute Gasteiger partial charge is 0.264 e. The molecule has 0 fully saturated rings. The SMILES string of the molecule is O=C(COc1ccccc1Cl)Nc1nn2c(-c3ccccc3)nnc2s1. The first-order valence-electron chi connectivity index (χ1n) is 7.65. The maximum absolute atomic E-state index is 12.1. The van der Waals surface area contributed by atoms with E-state index in [1.54, 1.807) is 28.8 Å². The summed E-state index contributed by atoms with van der Waals surface area (Å²) in [6, 6.07) is 16.6. The number of hydrogen-bond acceptors (Lipinski definition) is 6. The third-order valence-electron chi connectivity index (χ3n) is 3.46. The Hall–Kier alpha value is -2.97. The lowest BCUT2D eigenvalue weighted by molar-refractivity contribution is -0.118. The number of nitrogens with one attached hydrogen (secondary N) is 1. The highest BCUT2D eigenvalue weighted by Gasteiger charge is 2.15. The van der Waals surface area contributed by atoms with Crippen molar-refractivity contribution >= 4 is 38.9 Å². The van der Waals surface area contributed by atoms with E-state index in [2.05, 4.69) is 20.6 Å². The molecule has 2 heterocycles. The van der Waals surface area contributed by atoms with Gasteiger partial charge in [0.2, 0.25) is 10.1 Å². The summed E-state index contributed by atoms with van der Waals surface area (Å²) in [5, 5.41) is 16.2. The van der Waals surface area contributed by atoms with E-state index < -0.39 is 0 Å². The van der Waals surface area contributed by atoms with Crippen molar-refractivity contribution in [2.45, 2.75) is 0 Å². The molecule has 0 bridgehead atoms. The Morgan fingerprint density at radius 1 is 1.12 bits per heavy atom. The van der Waals surface area contributed by atoms with Crippen LogP contribution in [0, 0.1) is 0 Å². The standard InChI is InChI=1S/C17H12ClN5O2S/c18-12-8-4-5-9-13(12)25-10-14(24)19-16-22-23-15(20-21-17(23)26-16)11-6-2-1-3-7-11/h1-9H,10H2,(H,19,22,24). The minimum Gasteiger partial charge on any atom is -0.482 e. The first-order chi connectivity index (χ1) is 12.7. The minimum absolute atomic E-state index is 0.171. The van der Waals surface area contributed by atoms with E-state index >= 15 is 0 Å². The monoisotopic (exact) mass is 385 g/mol. The molecule has 2 aromatic heterocycles. The van der Waals surface area contributed by atoms with Gasteiger partial charge in [-0.05, 0) is 12.1 Å². The number of aromatic nitrogens is 4. The lowest BCUT2D eigenvalue weighted by Crippen LogP contribution is -2.20. The zero-order valence-electron chi connectivity index (χ0n) is 13.3. The number of halogens is 1. The molecule has 0 radical (unpaired) electrons. The van der Waals surface area contributed by atoms with Crippen molar-refractivity contribution in [2.75, 3.05) is 11.9 Å². The van der Waals surface area contributed by atoms with Crippen LogP contribution in [0.5, 0.6) is 5.75 Å². The molecule has 0 saturated heterocycles. The normalized spacial score (nSPS) is 10.8. The zero-order chi connectivity index (χ0) is 17.9. The van der Waals surface area contributed by atoms with Gasteiger partial charge >= 0.3 is 0 Å². The molecule has 4 rings (SSSR count). The van der Waals surface area contributed by atoms with E-state index in [1.165, 1.54) is 11.3 Å². The number of hydrogen-bond donors (Lipinski definition) is 1. The summed E-state index contributed by atoms with van der Waals surface area (Å²) in [6.45, 7) is -0.171. The second-order valence-corrected chi connectivity index (χ2v) is 6.62. The number of para-hydroxylation sites is 1. The Morgan fingerprint density at radius 2 is 1.88 bits per heavy atom. The van der Waals surface area contributed by atoms with E-state index in [0.717, 1.165) is 5.56 Å². The molecule has 1 N–H and O–H groups in total. The van der Waals surface area contributed by atoms with Crippen LogP contribution in [-0.2, 0) is 4.79 Å². The van der Waals surface area contributed by atoms with Crippen LogP contribution in [0.25, 0.3) is 16.3 Å². The van der Waals surface area contributed by atoms with E-state index in [-0.39, 0.29) is 12.5 Å². The van der Waals surface area contributed by atoms with E-state index in [9.17, 15) is 4.79 Å². The summed E-state index contributed by atoms with van der Waals surface area (Å²) in [5.74, 6) is 0.731. The van der Waals surface area contributed by atoms with Crippen LogP contribution in [0.15, 0.2) is 54.6 Å². The minimum atomic E-state index is -0.337. The van der Waals surface area contributed by atoms with Gasteiger partial charge in [-0.15, -0.1) is 15.3 Å². The van der Waals surface area contributed by atoms with E-state index in [4.69, 9.17) is 16.3 Å². The zero-order valence-corrected chi connectivity index (χ0v) is 14.9. The quantitative estimate of drug-likeness (QED) is 0.568. The summed E-state index contributed by atoms with van der Waals surface area (Å²) >= 11 is 7.23. The van der Waals surface area contributed by atoms with Crippen LogP contribution in [0.1, 0.15) is 0 Å². The number of fused-ring (bicyclic) bond motifs is 1. The lowest BCUT2D eigenvalue weighted by atomic mass is 10.2. The van der Waals surface area contributed by atoms with Crippen molar-refractivity contribution in [1.82, 2.24) is 19.8 Å². The fraction of sp³-hybridized carbons (Fsp3) is 0.0588.